The smallest absolute Gasteiger partial charge is 0.0632 e. The van der Waals surface area contributed by atoms with Gasteiger partial charge in [0.2, 0.25) is 0 Å². The molecule has 0 aromatic carbocycles. The van der Waals surface area contributed by atoms with Crippen molar-refractivity contribution in [3.8, 4) is 0 Å². The van der Waals surface area contributed by atoms with Gasteiger partial charge in [-0.3, -0.25) is 0 Å². The van der Waals surface area contributed by atoms with Gasteiger partial charge in [0.15, 0.2) is 0 Å². The number of hydrogen-bond acceptors (Lipinski definition) is 4. The van der Waals surface area contributed by atoms with Gasteiger partial charge >= 0.3 is 0 Å². The summed E-state index contributed by atoms with van der Waals surface area (Å²) < 4.78 is 5.81. The van der Waals surface area contributed by atoms with Crippen molar-refractivity contribution in [3.05, 3.63) is 0 Å². The SMILES string of the molecule is CCCNCC1(CN2CCCC(C)(O)CC2)CCCOC1. The molecule has 2 atom stereocenters. The average Bonchev–Trinajstić information content (AvgIpc) is 2.62. The number of ether oxygens (including phenoxy) is 1. The summed E-state index contributed by atoms with van der Waals surface area (Å²) in [7, 11) is 0. The molecule has 0 aliphatic carbocycles. The van der Waals surface area contributed by atoms with Gasteiger partial charge in [0.1, 0.15) is 0 Å². The Labute approximate surface area is 130 Å². The molecule has 4 heteroatoms. The largest absolute Gasteiger partial charge is 0.390 e. The highest BCUT2D eigenvalue weighted by Gasteiger charge is 2.35. The maximum absolute atomic E-state index is 10.3. The highest BCUT2D eigenvalue weighted by atomic mass is 16.5. The summed E-state index contributed by atoms with van der Waals surface area (Å²) in [6, 6.07) is 0. The van der Waals surface area contributed by atoms with Gasteiger partial charge in [0.25, 0.3) is 0 Å². The first-order valence-electron chi connectivity index (χ1n) is 8.79. The van der Waals surface area contributed by atoms with E-state index in [4.69, 9.17) is 4.74 Å². The predicted molar refractivity (Wildman–Crippen MR) is 86.6 cm³/mol. The van der Waals surface area contributed by atoms with Gasteiger partial charge in [-0.1, -0.05) is 6.92 Å². The number of nitrogens with one attached hydrogen (secondary N) is 1. The van der Waals surface area contributed by atoms with Crippen LogP contribution in [0, 0.1) is 5.41 Å². The lowest BCUT2D eigenvalue weighted by molar-refractivity contribution is -0.0270. The number of hydrogen-bond donors (Lipinski definition) is 2. The van der Waals surface area contributed by atoms with Crippen molar-refractivity contribution in [1.29, 1.82) is 0 Å². The molecule has 2 saturated heterocycles. The predicted octanol–water partition coefficient (Wildman–Crippen LogP) is 2.02. The Hall–Kier alpha value is -0.160. The number of nitrogens with zero attached hydrogens (tertiary/aromatic N) is 1. The Balaban J connectivity index is 1.91. The summed E-state index contributed by atoms with van der Waals surface area (Å²) in [5, 5.41) is 13.9. The van der Waals surface area contributed by atoms with Crippen LogP contribution in [0.2, 0.25) is 0 Å². The quantitative estimate of drug-likeness (QED) is 0.737. The van der Waals surface area contributed by atoms with Crippen molar-refractivity contribution >= 4 is 0 Å². The van der Waals surface area contributed by atoms with Gasteiger partial charge in [-0.25, -0.2) is 0 Å². The lowest BCUT2D eigenvalue weighted by Gasteiger charge is -2.41. The van der Waals surface area contributed by atoms with E-state index in [1.165, 1.54) is 19.3 Å². The van der Waals surface area contributed by atoms with Crippen molar-refractivity contribution in [2.75, 3.05) is 45.9 Å². The topological polar surface area (TPSA) is 44.7 Å². The van der Waals surface area contributed by atoms with Crippen LogP contribution < -0.4 is 5.32 Å². The monoisotopic (exact) mass is 298 g/mol. The fraction of sp³-hybridized carbons (Fsp3) is 1.00. The van der Waals surface area contributed by atoms with Crippen LogP contribution in [0.25, 0.3) is 0 Å². The molecule has 2 aliphatic heterocycles. The van der Waals surface area contributed by atoms with Crippen molar-refractivity contribution in [3.63, 3.8) is 0 Å². The summed E-state index contributed by atoms with van der Waals surface area (Å²) in [5.74, 6) is 0. The van der Waals surface area contributed by atoms with E-state index in [0.717, 1.165) is 65.2 Å². The lowest BCUT2D eigenvalue weighted by Crippen LogP contribution is -2.49. The molecule has 0 aromatic heterocycles. The highest BCUT2D eigenvalue weighted by molar-refractivity contribution is 4.89. The van der Waals surface area contributed by atoms with Gasteiger partial charge < -0.3 is 20.1 Å². The van der Waals surface area contributed by atoms with E-state index in [1.54, 1.807) is 0 Å². The molecule has 2 fully saturated rings. The fourth-order valence-electron chi connectivity index (χ4n) is 3.71. The molecule has 2 unspecified atom stereocenters. The van der Waals surface area contributed by atoms with Crippen molar-refractivity contribution in [2.45, 2.75) is 58.0 Å². The van der Waals surface area contributed by atoms with Gasteiger partial charge in [-0.15, -0.1) is 0 Å². The lowest BCUT2D eigenvalue weighted by atomic mass is 9.81. The van der Waals surface area contributed by atoms with Gasteiger partial charge in [0.05, 0.1) is 12.2 Å². The molecule has 0 bridgehead atoms. The second-order valence-electron chi connectivity index (χ2n) is 7.46. The first-order valence-corrected chi connectivity index (χ1v) is 8.79. The molecule has 21 heavy (non-hydrogen) atoms. The second-order valence-corrected chi connectivity index (χ2v) is 7.46. The first kappa shape index (κ1) is 17.2. The fourth-order valence-corrected chi connectivity index (χ4v) is 3.71. The molecule has 124 valence electrons. The molecule has 0 saturated carbocycles. The highest BCUT2D eigenvalue weighted by Crippen LogP contribution is 2.31. The van der Waals surface area contributed by atoms with E-state index in [-0.39, 0.29) is 5.41 Å². The van der Waals surface area contributed by atoms with E-state index in [2.05, 4.69) is 17.1 Å². The van der Waals surface area contributed by atoms with Gasteiger partial charge in [-0.05, 0) is 58.5 Å². The molecule has 2 aliphatic rings. The van der Waals surface area contributed by atoms with E-state index in [0.29, 0.717) is 0 Å². The normalized spacial score (nSPS) is 35.6. The Kier molecular flexibility index (Phi) is 6.48. The third kappa shape index (κ3) is 5.51. The van der Waals surface area contributed by atoms with Crippen molar-refractivity contribution < 1.29 is 9.84 Å². The average molecular weight is 298 g/mol. The zero-order valence-corrected chi connectivity index (χ0v) is 14.0. The molecular weight excluding hydrogens is 264 g/mol. The van der Waals surface area contributed by atoms with Gasteiger partial charge in [0, 0.05) is 31.7 Å². The molecule has 0 amide bonds. The zero-order valence-electron chi connectivity index (χ0n) is 14.0. The summed E-state index contributed by atoms with van der Waals surface area (Å²) >= 11 is 0. The first-order chi connectivity index (χ1) is 10.1. The van der Waals surface area contributed by atoms with Crippen LogP contribution in [0.3, 0.4) is 0 Å². The molecule has 2 heterocycles. The standard InChI is InChI=1S/C17H34N2O2/c1-3-9-18-13-17(7-5-12-21-15-17)14-19-10-4-6-16(2,20)8-11-19/h18,20H,3-15H2,1-2H3. The molecular formula is C17H34N2O2. The van der Waals surface area contributed by atoms with Crippen LogP contribution in [-0.2, 0) is 4.74 Å². The Morgan fingerprint density at radius 3 is 2.76 bits per heavy atom. The maximum Gasteiger partial charge on any atom is 0.0632 e. The Morgan fingerprint density at radius 2 is 2.05 bits per heavy atom. The van der Waals surface area contributed by atoms with E-state index in [9.17, 15) is 5.11 Å². The Bertz CT molecular complexity index is 301. The molecule has 0 radical (unpaired) electrons. The number of aliphatic hydroxyl groups is 1. The van der Waals surface area contributed by atoms with Crippen LogP contribution in [0.15, 0.2) is 0 Å². The Morgan fingerprint density at radius 1 is 1.19 bits per heavy atom. The zero-order chi connectivity index (χ0) is 15.2. The van der Waals surface area contributed by atoms with Crippen molar-refractivity contribution in [1.82, 2.24) is 10.2 Å². The van der Waals surface area contributed by atoms with Crippen LogP contribution in [0.4, 0.5) is 0 Å². The van der Waals surface area contributed by atoms with Gasteiger partial charge in [-0.2, -0.15) is 0 Å². The third-order valence-electron chi connectivity index (χ3n) is 5.05. The minimum Gasteiger partial charge on any atom is -0.390 e. The van der Waals surface area contributed by atoms with E-state index < -0.39 is 5.60 Å². The van der Waals surface area contributed by atoms with E-state index in [1.807, 2.05) is 6.92 Å². The number of likely N-dealkylation sites (tertiary alicyclic amines) is 1. The molecule has 2 N–H and O–H groups in total. The van der Waals surface area contributed by atoms with Crippen molar-refractivity contribution in [2.24, 2.45) is 5.41 Å². The van der Waals surface area contributed by atoms with E-state index >= 15 is 0 Å². The second kappa shape index (κ2) is 7.91. The summed E-state index contributed by atoms with van der Waals surface area (Å²) in [5.41, 5.74) is -0.199. The minimum atomic E-state index is -0.467. The van der Waals surface area contributed by atoms with Crippen LogP contribution >= 0.6 is 0 Å². The third-order valence-corrected chi connectivity index (χ3v) is 5.05. The maximum atomic E-state index is 10.3. The van der Waals surface area contributed by atoms with Crippen LogP contribution in [0.5, 0.6) is 0 Å². The summed E-state index contributed by atoms with van der Waals surface area (Å²) in [6.45, 7) is 11.4. The molecule has 0 spiro atoms. The molecule has 0 aromatic rings. The molecule has 4 nitrogen and oxygen atoms in total. The molecule has 2 rings (SSSR count). The number of rotatable bonds is 6. The van der Waals surface area contributed by atoms with Crippen LogP contribution in [0.1, 0.15) is 52.4 Å². The van der Waals surface area contributed by atoms with Crippen LogP contribution in [-0.4, -0.2) is 61.5 Å². The summed E-state index contributed by atoms with van der Waals surface area (Å²) in [4.78, 5) is 2.56. The summed E-state index contributed by atoms with van der Waals surface area (Å²) in [6.07, 6.45) is 6.55. The minimum absolute atomic E-state index is 0.267.